The van der Waals surface area contributed by atoms with E-state index in [1.54, 1.807) is 0 Å². The second kappa shape index (κ2) is 9.61. The van der Waals surface area contributed by atoms with E-state index in [-0.39, 0.29) is 17.4 Å². The van der Waals surface area contributed by atoms with E-state index >= 15 is 0 Å². The van der Waals surface area contributed by atoms with Crippen molar-refractivity contribution in [1.29, 1.82) is 0 Å². The van der Waals surface area contributed by atoms with E-state index in [0.29, 0.717) is 12.5 Å². The van der Waals surface area contributed by atoms with Crippen LogP contribution >= 0.6 is 0 Å². The molecule has 1 aromatic carbocycles. The van der Waals surface area contributed by atoms with Crippen molar-refractivity contribution >= 4 is 11.7 Å². The number of rotatable bonds is 6. The van der Waals surface area contributed by atoms with E-state index in [1.165, 1.54) is 11.1 Å². The van der Waals surface area contributed by atoms with E-state index in [9.17, 15) is 4.79 Å². The van der Waals surface area contributed by atoms with Crippen LogP contribution in [0, 0.1) is 5.92 Å². The Morgan fingerprint density at radius 2 is 1.70 bits per heavy atom. The molecule has 1 amide bonds. The summed E-state index contributed by atoms with van der Waals surface area (Å²) in [5.74, 6) is 1.56. The van der Waals surface area contributed by atoms with Gasteiger partial charge in [-0.2, -0.15) is 0 Å². The van der Waals surface area contributed by atoms with E-state index in [4.69, 9.17) is 0 Å². The molecule has 3 rings (SSSR count). The van der Waals surface area contributed by atoms with Gasteiger partial charge in [0, 0.05) is 38.4 Å². The number of hydrogen-bond donors (Lipinski definition) is 1. The van der Waals surface area contributed by atoms with Crippen LogP contribution in [0.3, 0.4) is 0 Å². The van der Waals surface area contributed by atoms with E-state index in [0.717, 1.165) is 32.0 Å². The molecule has 5 nitrogen and oxygen atoms in total. The lowest BCUT2D eigenvalue weighted by molar-refractivity contribution is -0.130. The Bertz CT molecular complexity index is 803. The van der Waals surface area contributed by atoms with Crippen LogP contribution in [-0.2, 0) is 10.2 Å². The Kier molecular flexibility index (Phi) is 7.14. The maximum atomic E-state index is 12.8. The van der Waals surface area contributed by atoms with Gasteiger partial charge in [0.05, 0.1) is 6.54 Å². The van der Waals surface area contributed by atoms with Gasteiger partial charge in [-0.05, 0) is 34.6 Å². The summed E-state index contributed by atoms with van der Waals surface area (Å²) < 4.78 is 0. The lowest BCUT2D eigenvalue weighted by atomic mass is 9.85. The van der Waals surface area contributed by atoms with Crippen molar-refractivity contribution in [2.45, 2.75) is 46.1 Å². The molecule has 1 N–H and O–H groups in total. The predicted molar refractivity (Wildman–Crippen MR) is 124 cm³/mol. The summed E-state index contributed by atoms with van der Waals surface area (Å²) in [6.07, 6.45) is 1.82. The van der Waals surface area contributed by atoms with Crippen LogP contribution in [0.25, 0.3) is 0 Å². The van der Waals surface area contributed by atoms with Crippen molar-refractivity contribution in [3.8, 4) is 0 Å². The molecule has 5 heteroatoms. The first-order valence-electron chi connectivity index (χ1n) is 11.0. The van der Waals surface area contributed by atoms with Crippen LogP contribution in [0.2, 0.25) is 0 Å². The fourth-order valence-electron chi connectivity index (χ4n) is 3.96. The number of aromatic nitrogens is 1. The number of benzene rings is 1. The van der Waals surface area contributed by atoms with Gasteiger partial charge in [0.2, 0.25) is 5.91 Å². The SMILES string of the molecule is CC(C)[C@@H](NCC(=O)N1CCN(c2ccccn2)CC1)c1ccc(C(C)(C)C)cc1. The number of hydrogen-bond acceptors (Lipinski definition) is 4. The molecule has 0 radical (unpaired) electrons. The van der Waals surface area contributed by atoms with Crippen molar-refractivity contribution in [1.82, 2.24) is 15.2 Å². The maximum absolute atomic E-state index is 12.8. The first-order chi connectivity index (χ1) is 14.3. The molecule has 1 atom stereocenters. The third-order valence-corrected chi connectivity index (χ3v) is 5.88. The van der Waals surface area contributed by atoms with Gasteiger partial charge in [-0.15, -0.1) is 0 Å². The maximum Gasteiger partial charge on any atom is 0.236 e. The number of pyridine rings is 1. The molecule has 1 aliphatic rings. The third-order valence-electron chi connectivity index (χ3n) is 5.88. The molecule has 30 heavy (non-hydrogen) atoms. The summed E-state index contributed by atoms with van der Waals surface area (Å²) in [7, 11) is 0. The first-order valence-corrected chi connectivity index (χ1v) is 11.0. The number of piperazine rings is 1. The van der Waals surface area contributed by atoms with E-state index < -0.39 is 0 Å². The van der Waals surface area contributed by atoms with Gasteiger partial charge in [-0.3, -0.25) is 4.79 Å². The van der Waals surface area contributed by atoms with E-state index in [2.05, 4.69) is 74.1 Å². The normalized spacial score (nSPS) is 16.1. The number of amides is 1. The number of nitrogens with zero attached hydrogens (tertiary/aromatic N) is 3. The fourth-order valence-corrected chi connectivity index (χ4v) is 3.96. The zero-order valence-electron chi connectivity index (χ0n) is 19.1. The molecular formula is C25H36N4O. The van der Waals surface area contributed by atoms with Crippen molar-refractivity contribution in [3.63, 3.8) is 0 Å². The second-order valence-electron chi connectivity index (χ2n) is 9.53. The largest absolute Gasteiger partial charge is 0.353 e. The number of carbonyl (C=O) groups is 1. The summed E-state index contributed by atoms with van der Waals surface area (Å²) in [5.41, 5.74) is 2.72. The molecule has 0 bridgehead atoms. The average Bonchev–Trinajstić information content (AvgIpc) is 2.74. The van der Waals surface area contributed by atoms with Gasteiger partial charge in [0.25, 0.3) is 0 Å². The fraction of sp³-hybridized carbons (Fsp3) is 0.520. The monoisotopic (exact) mass is 408 g/mol. The Labute approximate surface area is 181 Å². The van der Waals surface area contributed by atoms with Crippen molar-refractivity contribution < 1.29 is 4.79 Å². The lowest BCUT2D eigenvalue weighted by Gasteiger charge is -2.36. The van der Waals surface area contributed by atoms with Crippen LogP contribution < -0.4 is 10.2 Å². The predicted octanol–water partition coefficient (Wildman–Crippen LogP) is 4.01. The zero-order chi connectivity index (χ0) is 21.7. The van der Waals surface area contributed by atoms with E-state index in [1.807, 2.05) is 29.3 Å². The number of nitrogens with one attached hydrogen (secondary N) is 1. The van der Waals surface area contributed by atoms with Crippen LogP contribution in [0.1, 0.15) is 51.8 Å². The van der Waals surface area contributed by atoms with Crippen molar-refractivity contribution in [3.05, 3.63) is 59.8 Å². The highest BCUT2D eigenvalue weighted by molar-refractivity contribution is 5.78. The second-order valence-corrected chi connectivity index (χ2v) is 9.53. The van der Waals surface area contributed by atoms with Crippen molar-refractivity contribution in [2.75, 3.05) is 37.6 Å². The molecule has 0 spiro atoms. The molecule has 1 fully saturated rings. The topological polar surface area (TPSA) is 48.5 Å². The molecule has 1 saturated heterocycles. The van der Waals surface area contributed by atoms with Gasteiger partial charge in [0.1, 0.15) is 5.82 Å². The standard InChI is InChI=1S/C25H36N4O/c1-19(2)24(20-9-11-21(12-10-20)25(3,4)5)27-18-23(30)29-16-14-28(15-17-29)22-8-6-7-13-26-22/h6-13,19,24,27H,14-18H2,1-5H3/t24-/m1/s1. The Hall–Kier alpha value is -2.40. The molecule has 162 valence electrons. The van der Waals surface area contributed by atoms with Crippen LogP contribution in [-0.4, -0.2) is 48.5 Å². The average molecular weight is 409 g/mol. The summed E-state index contributed by atoms with van der Waals surface area (Å²) >= 11 is 0. The van der Waals surface area contributed by atoms with Crippen LogP contribution in [0.15, 0.2) is 48.7 Å². The van der Waals surface area contributed by atoms with Crippen LogP contribution in [0.4, 0.5) is 5.82 Å². The Balaban J connectivity index is 1.54. The van der Waals surface area contributed by atoms with Gasteiger partial charge in [-0.25, -0.2) is 4.98 Å². The molecule has 0 unspecified atom stereocenters. The third kappa shape index (κ3) is 5.60. The summed E-state index contributed by atoms with van der Waals surface area (Å²) in [4.78, 5) is 21.4. The molecule has 2 heterocycles. The first kappa shape index (κ1) is 22.3. The highest BCUT2D eigenvalue weighted by atomic mass is 16.2. The summed E-state index contributed by atoms with van der Waals surface area (Å²) in [5, 5.41) is 3.52. The van der Waals surface area contributed by atoms with Gasteiger partial charge in [0.15, 0.2) is 0 Å². The minimum atomic E-state index is 0.146. The van der Waals surface area contributed by atoms with Crippen LogP contribution in [0.5, 0.6) is 0 Å². The smallest absolute Gasteiger partial charge is 0.236 e. The molecule has 2 aromatic rings. The molecule has 0 saturated carbocycles. The summed E-state index contributed by atoms with van der Waals surface area (Å²) in [6, 6.07) is 15.0. The zero-order valence-corrected chi connectivity index (χ0v) is 19.1. The Morgan fingerprint density at radius 1 is 1.03 bits per heavy atom. The Morgan fingerprint density at radius 3 is 2.23 bits per heavy atom. The van der Waals surface area contributed by atoms with Gasteiger partial charge < -0.3 is 15.1 Å². The minimum absolute atomic E-state index is 0.146. The molecular weight excluding hydrogens is 372 g/mol. The van der Waals surface area contributed by atoms with Crippen molar-refractivity contribution in [2.24, 2.45) is 5.92 Å². The quantitative estimate of drug-likeness (QED) is 0.784. The molecule has 0 aliphatic carbocycles. The molecule has 1 aliphatic heterocycles. The summed E-state index contributed by atoms with van der Waals surface area (Å²) in [6.45, 7) is 14.6. The van der Waals surface area contributed by atoms with Gasteiger partial charge >= 0.3 is 0 Å². The highest BCUT2D eigenvalue weighted by Gasteiger charge is 2.24. The number of anilines is 1. The highest BCUT2D eigenvalue weighted by Crippen LogP contribution is 2.26. The lowest BCUT2D eigenvalue weighted by Crippen LogP contribution is -2.51. The molecule has 1 aromatic heterocycles. The van der Waals surface area contributed by atoms with Gasteiger partial charge in [-0.1, -0.05) is 65.0 Å². The minimum Gasteiger partial charge on any atom is -0.353 e. The number of carbonyl (C=O) groups excluding carboxylic acids is 1.